The molecule has 2 aromatic heterocycles. The van der Waals surface area contributed by atoms with E-state index in [1.165, 1.54) is 20.0 Å². The maximum absolute atomic E-state index is 15.2. The lowest BCUT2D eigenvalue weighted by Crippen LogP contribution is -2.55. The summed E-state index contributed by atoms with van der Waals surface area (Å²) in [5.74, 6) is -0.805. The quantitative estimate of drug-likeness (QED) is 0.294. The molecule has 1 aromatic carbocycles. The van der Waals surface area contributed by atoms with Crippen molar-refractivity contribution >= 4 is 17.5 Å². The molecule has 3 aromatic rings. The molecule has 0 saturated carbocycles. The topological polar surface area (TPSA) is 148 Å². The number of benzene rings is 1. The van der Waals surface area contributed by atoms with Crippen molar-refractivity contribution in [2.24, 2.45) is 13.0 Å². The summed E-state index contributed by atoms with van der Waals surface area (Å²) in [5, 5.41) is 23.3. The van der Waals surface area contributed by atoms with Gasteiger partial charge in [-0.3, -0.25) is 4.90 Å². The van der Waals surface area contributed by atoms with Crippen LogP contribution in [0.4, 0.5) is 26.2 Å². The molecule has 3 saturated heterocycles. The Labute approximate surface area is 247 Å². The molecule has 15 heteroatoms. The van der Waals surface area contributed by atoms with Crippen molar-refractivity contribution in [3.63, 3.8) is 0 Å². The maximum atomic E-state index is 15.2. The lowest BCUT2D eigenvalue weighted by molar-refractivity contribution is 0.0482. The Morgan fingerprint density at radius 3 is 2.72 bits per heavy atom. The molecule has 3 N–H and O–H groups in total. The fraction of sp³-hybridized carbons (Fsp3) is 0.607. The number of hydrogen-bond acceptors (Lipinski definition) is 11. The number of nitrogens with zero attached hydrogens (tertiary/aromatic N) is 7. The summed E-state index contributed by atoms with van der Waals surface area (Å²) in [6, 6.07) is 2.73. The fourth-order valence-electron chi connectivity index (χ4n) is 6.41. The van der Waals surface area contributed by atoms with Crippen molar-refractivity contribution in [1.82, 2.24) is 34.7 Å². The van der Waals surface area contributed by atoms with Gasteiger partial charge in [0.2, 0.25) is 5.95 Å². The van der Waals surface area contributed by atoms with Crippen LogP contribution in [0.2, 0.25) is 0 Å². The van der Waals surface area contributed by atoms with E-state index < -0.39 is 23.4 Å². The van der Waals surface area contributed by atoms with Crippen molar-refractivity contribution in [2.75, 3.05) is 30.4 Å². The van der Waals surface area contributed by atoms with E-state index in [-0.39, 0.29) is 47.1 Å². The lowest BCUT2D eigenvalue weighted by atomic mass is 9.83. The number of aliphatic hydroxyl groups excluding tert-OH is 1. The molecule has 0 amide bonds. The molecule has 0 spiro atoms. The van der Waals surface area contributed by atoms with Gasteiger partial charge >= 0.3 is 5.69 Å². The highest BCUT2D eigenvalue weighted by molar-refractivity contribution is 5.63. The zero-order valence-electron chi connectivity index (χ0n) is 24.6. The monoisotopic (exact) mass is 601 g/mol. The number of nitrogens with one attached hydrogen (secondary N) is 2. The first-order valence-corrected chi connectivity index (χ1v) is 14.5. The highest BCUT2D eigenvalue weighted by atomic mass is 19.1. The second-order valence-electron chi connectivity index (χ2n) is 12.5. The first-order chi connectivity index (χ1) is 20.5. The molecule has 5 unspecified atom stereocenters. The third kappa shape index (κ3) is 6.33. The Morgan fingerprint density at radius 2 is 2.02 bits per heavy atom. The summed E-state index contributed by atoms with van der Waals surface area (Å²) < 4.78 is 43.1. The van der Waals surface area contributed by atoms with Crippen molar-refractivity contribution in [3.05, 3.63) is 40.4 Å². The standard InChI is InChI=1S/C28H37F2N9O4/c1-15(40)13-43-24-8-20(29)22(9-23(24)39-27(41)37(4)35-36-39)33-26-31-11-21(30)25(34-26)32-17-7-18-5-16(6-19-14-42-19)12-38(18)28(2,3)10-17/h8-9,11,15-19,40H,5-7,10,12-14H2,1-4H3,(H2,31,32,33,34). The highest BCUT2D eigenvalue weighted by Gasteiger charge is 2.47. The number of ether oxygens (including phenoxy) is 2. The van der Waals surface area contributed by atoms with Gasteiger partial charge in [-0.15, -0.1) is 0 Å². The summed E-state index contributed by atoms with van der Waals surface area (Å²) in [7, 11) is 1.42. The number of rotatable bonds is 10. The van der Waals surface area contributed by atoms with Crippen LogP contribution in [0, 0.1) is 17.6 Å². The minimum Gasteiger partial charge on any atom is -0.489 e. The van der Waals surface area contributed by atoms with Crippen molar-refractivity contribution in [2.45, 2.75) is 76.3 Å². The van der Waals surface area contributed by atoms with Crippen LogP contribution in [0.25, 0.3) is 5.69 Å². The second-order valence-corrected chi connectivity index (χ2v) is 12.5. The van der Waals surface area contributed by atoms with Crippen molar-refractivity contribution < 1.29 is 23.4 Å². The summed E-state index contributed by atoms with van der Waals surface area (Å²) in [6.45, 7) is 7.74. The number of fused-ring (bicyclic) bond motifs is 1. The molecule has 0 radical (unpaired) electrons. The average Bonchev–Trinajstić information content (AvgIpc) is 3.56. The van der Waals surface area contributed by atoms with Crippen LogP contribution in [0.1, 0.15) is 46.5 Å². The SMILES string of the molecule is CC(O)COc1cc(F)c(Nc2ncc(F)c(NC3CC4CC(CC5CO5)CN4C(C)(C)C3)n2)cc1-n1nnn(C)c1=O. The molecule has 0 aliphatic carbocycles. The molecule has 3 aliphatic heterocycles. The van der Waals surface area contributed by atoms with Gasteiger partial charge in [-0.25, -0.2) is 18.6 Å². The van der Waals surface area contributed by atoms with Crippen LogP contribution in [0.15, 0.2) is 23.1 Å². The number of piperidine rings is 1. The van der Waals surface area contributed by atoms with Gasteiger partial charge < -0.3 is 25.2 Å². The molecule has 3 fully saturated rings. The molecule has 43 heavy (non-hydrogen) atoms. The lowest BCUT2D eigenvalue weighted by Gasteiger charge is -2.47. The number of aliphatic hydroxyl groups is 1. The Morgan fingerprint density at radius 1 is 1.23 bits per heavy atom. The average molecular weight is 602 g/mol. The van der Waals surface area contributed by atoms with E-state index >= 15 is 4.39 Å². The Hall–Kier alpha value is -3.69. The zero-order chi connectivity index (χ0) is 30.5. The largest absolute Gasteiger partial charge is 0.489 e. The van der Waals surface area contributed by atoms with Crippen molar-refractivity contribution in [3.8, 4) is 11.4 Å². The molecule has 5 atom stereocenters. The van der Waals surface area contributed by atoms with E-state index in [9.17, 15) is 14.3 Å². The van der Waals surface area contributed by atoms with Gasteiger partial charge in [-0.1, -0.05) is 0 Å². The minimum absolute atomic E-state index is 0.0124. The second kappa shape index (κ2) is 11.4. The van der Waals surface area contributed by atoms with Crippen LogP contribution in [-0.4, -0.2) is 89.4 Å². The fourth-order valence-corrected chi connectivity index (χ4v) is 6.41. The first-order valence-electron chi connectivity index (χ1n) is 14.5. The molecule has 3 aliphatic rings. The summed E-state index contributed by atoms with van der Waals surface area (Å²) in [4.78, 5) is 23.5. The minimum atomic E-state index is -0.837. The van der Waals surface area contributed by atoms with Gasteiger partial charge in [0, 0.05) is 37.3 Å². The molecule has 5 heterocycles. The van der Waals surface area contributed by atoms with E-state index in [1.807, 2.05) is 0 Å². The highest BCUT2D eigenvalue weighted by Crippen LogP contribution is 2.42. The maximum Gasteiger partial charge on any atom is 0.368 e. The number of halogens is 2. The number of tetrazole rings is 1. The van der Waals surface area contributed by atoms with E-state index in [0.29, 0.717) is 18.1 Å². The third-order valence-corrected chi connectivity index (χ3v) is 8.39. The number of hydrogen-bond donors (Lipinski definition) is 3. The summed E-state index contributed by atoms with van der Waals surface area (Å²) in [6.07, 6.45) is 4.45. The van der Waals surface area contributed by atoms with Gasteiger partial charge in [-0.2, -0.15) is 14.3 Å². The zero-order valence-corrected chi connectivity index (χ0v) is 24.6. The summed E-state index contributed by atoms with van der Waals surface area (Å²) in [5.41, 5.74) is -0.673. The molecular weight excluding hydrogens is 564 g/mol. The van der Waals surface area contributed by atoms with Gasteiger partial charge in [0.25, 0.3) is 0 Å². The molecule has 13 nitrogen and oxygen atoms in total. The molecule has 6 rings (SSSR count). The number of aryl methyl sites for hydroxylation is 1. The van der Waals surface area contributed by atoms with Crippen LogP contribution < -0.4 is 21.1 Å². The first kappa shape index (κ1) is 29.4. The van der Waals surface area contributed by atoms with Gasteiger partial charge in [0.15, 0.2) is 17.5 Å². The third-order valence-electron chi connectivity index (χ3n) is 8.39. The number of epoxide rings is 1. The smallest absolute Gasteiger partial charge is 0.368 e. The van der Waals surface area contributed by atoms with Gasteiger partial charge in [0.05, 0.1) is 30.7 Å². The van der Waals surface area contributed by atoms with Gasteiger partial charge in [-0.05, 0) is 68.9 Å². The Bertz CT molecular complexity index is 1540. The van der Waals surface area contributed by atoms with Crippen molar-refractivity contribution in [1.29, 1.82) is 0 Å². The van der Waals surface area contributed by atoms with E-state index in [2.05, 4.69) is 49.8 Å². The predicted octanol–water partition coefficient (Wildman–Crippen LogP) is 2.37. The Kier molecular flexibility index (Phi) is 7.81. The van der Waals surface area contributed by atoms with E-state index in [1.54, 1.807) is 0 Å². The van der Waals surface area contributed by atoms with Crippen LogP contribution in [-0.2, 0) is 11.8 Å². The van der Waals surface area contributed by atoms with E-state index in [4.69, 9.17) is 9.47 Å². The summed E-state index contributed by atoms with van der Waals surface area (Å²) >= 11 is 0. The van der Waals surface area contributed by atoms with Crippen LogP contribution in [0.5, 0.6) is 5.75 Å². The van der Waals surface area contributed by atoms with Gasteiger partial charge in [0.1, 0.15) is 18.0 Å². The molecule has 0 bridgehead atoms. The molecule has 232 valence electrons. The van der Waals surface area contributed by atoms with Crippen LogP contribution >= 0.6 is 0 Å². The Balaban J connectivity index is 1.21. The normalized spacial score (nSPS) is 25.3. The van der Waals surface area contributed by atoms with E-state index in [0.717, 1.165) is 60.5 Å². The molecular formula is C28H37F2N9O4. The number of anilines is 3. The number of aromatic nitrogens is 6. The predicted molar refractivity (Wildman–Crippen MR) is 153 cm³/mol. The van der Waals surface area contributed by atoms with Crippen LogP contribution in [0.3, 0.4) is 0 Å².